The molecule has 0 N–H and O–H groups in total. The summed E-state index contributed by atoms with van der Waals surface area (Å²) in [6, 6.07) is 4.12. The second-order valence-electron chi connectivity index (χ2n) is 6.76. The van der Waals surface area contributed by atoms with Crippen molar-refractivity contribution in [1.82, 2.24) is 0 Å². The van der Waals surface area contributed by atoms with Crippen molar-refractivity contribution in [3.8, 4) is 0 Å². The van der Waals surface area contributed by atoms with Crippen LogP contribution in [-0.4, -0.2) is 29.8 Å². The first kappa shape index (κ1) is 18.6. The van der Waals surface area contributed by atoms with Gasteiger partial charge in [-0.05, 0) is 50.3 Å². The van der Waals surface area contributed by atoms with Crippen molar-refractivity contribution in [2.24, 2.45) is 0 Å². The maximum atomic E-state index is 14.7. The summed E-state index contributed by atoms with van der Waals surface area (Å²) in [6.45, 7) is 1.48. The zero-order valence-corrected chi connectivity index (χ0v) is 15.4. The Morgan fingerprint density at radius 2 is 1.81 bits per heavy atom. The van der Waals surface area contributed by atoms with Gasteiger partial charge in [0, 0.05) is 17.6 Å². The molecule has 2 amide bonds. The van der Waals surface area contributed by atoms with Gasteiger partial charge in [-0.15, -0.1) is 11.6 Å². The topological polar surface area (TPSA) is 63.7 Å². The molecule has 0 saturated carbocycles. The monoisotopic (exact) mass is 379 g/mol. The van der Waals surface area contributed by atoms with Crippen molar-refractivity contribution < 1.29 is 23.5 Å². The minimum atomic E-state index is -1.33. The van der Waals surface area contributed by atoms with Crippen LogP contribution in [0, 0.1) is 5.82 Å². The Labute approximate surface area is 155 Å². The van der Waals surface area contributed by atoms with E-state index in [1.54, 1.807) is 6.07 Å². The molecule has 0 aromatic heterocycles. The number of hydrogen-bond acceptors (Lipinski definition) is 4. The summed E-state index contributed by atoms with van der Waals surface area (Å²) in [4.78, 5) is 36.3. The Hall–Kier alpha value is -2.21. The fourth-order valence-corrected chi connectivity index (χ4v) is 3.70. The van der Waals surface area contributed by atoms with Gasteiger partial charge in [0.1, 0.15) is 10.7 Å². The maximum Gasteiger partial charge on any atom is 0.326 e. The van der Waals surface area contributed by atoms with E-state index in [0.29, 0.717) is 29.6 Å². The molecule has 0 radical (unpaired) electrons. The predicted molar refractivity (Wildman–Crippen MR) is 94.4 cm³/mol. The van der Waals surface area contributed by atoms with E-state index in [9.17, 15) is 18.8 Å². The minimum absolute atomic E-state index is 0.0507. The molecule has 7 heteroatoms. The molecule has 1 aliphatic carbocycles. The number of benzene rings is 1. The second kappa shape index (κ2) is 6.83. The van der Waals surface area contributed by atoms with Crippen LogP contribution in [-0.2, 0) is 25.5 Å². The number of carbonyl (C=O) groups excluding carboxylic acids is 3. The molecule has 3 rings (SSSR count). The molecule has 1 atom stereocenters. The third-order valence-corrected chi connectivity index (χ3v) is 5.08. The zero-order chi connectivity index (χ0) is 19.1. The van der Waals surface area contributed by atoms with Crippen LogP contribution in [0.2, 0.25) is 0 Å². The Balaban J connectivity index is 1.86. The van der Waals surface area contributed by atoms with Crippen molar-refractivity contribution in [1.29, 1.82) is 0 Å². The van der Waals surface area contributed by atoms with Crippen molar-refractivity contribution in [3.05, 3.63) is 40.7 Å². The summed E-state index contributed by atoms with van der Waals surface area (Å²) < 4.78 is 19.3. The van der Waals surface area contributed by atoms with Crippen molar-refractivity contribution in [2.75, 3.05) is 12.0 Å². The third-order valence-electron chi connectivity index (χ3n) is 4.79. The van der Waals surface area contributed by atoms with E-state index in [2.05, 4.69) is 4.74 Å². The normalized spacial score (nSPS) is 19.5. The van der Waals surface area contributed by atoms with Crippen molar-refractivity contribution >= 4 is 35.1 Å². The lowest BCUT2D eigenvalue weighted by molar-refractivity contribution is -0.143. The quantitative estimate of drug-likeness (QED) is 0.457. The van der Waals surface area contributed by atoms with Crippen LogP contribution in [0.15, 0.2) is 29.3 Å². The Morgan fingerprint density at radius 3 is 2.31 bits per heavy atom. The molecule has 0 bridgehead atoms. The number of hydrogen-bond donors (Lipinski definition) is 0. The molecule has 1 aromatic rings. The van der Waals surface area contributed by atoms with Gasteiger partial charge in [0.25, 0.3) is 11.8 Å². The van der Waals surface area contributed by atoms with Crippen molar-refractivity contribution in [3.63, 3.8) is 0 Å². The van der Waals surface area contributed by atoms with Gasteiger partial charge in [-0.1, -0.05) is 6.07 Å². The minimum Gasteiger partial charge on any atom is -0.468 e. The van der Waals surface area contributed by atoms with Gasteiger partial charge in [0.2, 0.25) is 0 Å². The number of carbonyl (C=O) groups is 3. The number of alkyl halides is 1. The van der Waals surface area contributed by atoms with Gasteiger partial charge in [-0.2, -0.15) is 0 Å². The summed E-state index contributed by atoms with van der Waals surface area (Å²) >= 11 is 6.15. The van der Waals surface area contributed by atoms with Crippen LogP contribution in [0.1, 0.15) is 38.2 Å². The lowest BCUT2D eigenvalue weighted by Crippen LogP contribution is -2.33. The smallest absolute Gasteiger partial charge is 0.326 e. The zero-order valence-electron chi connectivity index (χ0n) is 14.6. The first-order valence-electron chi connectivity index (χ1n) is 8.43. The molecular weight excluding hydrogens is 361 g/mol. The Morgan fingerprint density at radius 1 is 1.23 bits per heavy atom. The van der Waals surface area contributed by atoms with Gasteiger partial charge >= 0.3 is 5.97 Å². The maximum absolute atomic E-state index is 14.7. The average Bonchev–Trinajstić information content (AvgIpc) is 2.86. The second-order valence-corrected chi connectivity index (χ2v) is 7.60. The van der Waals surface area contributed by atoms with Gasteiger partial charge in [-0.3, -0.25) is 14.4 Å². The fraction of sp³-hybridized carbons (Fsp3) is 0.421. The van der Waals surface area contributed by atoms with Crippen LogP contribution in [0.25, 0.3) is 0 Å². The predicted octanol–water partition coefficient (Wildman–Crippen LogP) is 3.28. The first-order chi connectivity index (χ1) is 12.3. The molecule has 0 saturated heterocycles. The third kappa shape index (κ3) is 3.14. The number of amides is 2. The first-order valence-corrected chi connectivity index (χ1v) is 8.80. The van der Waals surface area contributed by atoms with Crippen LogP contribution < -0.4 is 4.90 Å². The number of halogens is 2. The largest absolute Gasteiger partial charge is 0.468 e. The highest BCUT2D eigenvalue weighted by molar-refractivity contribution is 6.34. The highest BCUT2D eigenvalue weighted by Gasteiger charge is 2.41. The summed E-state index contributed by atoms with van der Waals surface area (Å²) in [5, 5.41) is 0. The molecule has 1 heterocycles. The lowest BCUT2D eigenvalue weighted by atomic mass is 9.93. The number of ether oxygens (including phenoxy) is 1. The molecular formula is C19H19ClFNO4. The van der Waals surface area contributed by atoms with Crippen LogP contribution in [0.5, 0.6) is 0 Å². The van der Waals surface area contributed by atoms with E-state index in [1.165, 1.54) is 26.2 Å². The van der Waals surface area contributed by atoms with E-state index >= 15 is 0 Å². The molecule has 0 spiro atoms. The number of rotatable bonds is 4. The van der Waals surface area contributed by atoms with Crippen molar-refractivity contribution in [2.45, 2.75) is 43.9 Å². The van der Waals surface area contributed by atoms with Crippen LogP contribution >= 0.6 is 11.6 Å². The summed E-state index contributed by atoms with van der Waals surface area (Å²) in [7, 11) is 1.23. The molecule has 2 aliphatic rings. The Bertz CT molecular complexity index is 803. The highest BCUT2D eigenvalue weighted by Crippen LogP contribution is 2.37. The van der Waals surface area contributed by atoms with Crippen LogP contribution in [0.4, 0.5) is 10.1 Å². The van der Waals surface area contributed by atoms with Gasteiger partial charge in [0.05, 0.1) is 12.8 Å². The highest BCUT2D eigenvalue weighted by atomic mass is 35.5. The fourth-order valence-electron chi connectivity index (χ4n) is 3.47. The van der Waals surface area contributed by atoms with Gasteiger partial charge in [0.15, 0.2) is 0 Å². The van der Waals surface area contributed by atoms with Gasteiger partial charge < -0.3 is 4.74 Å². The average molecular weight is 380 g/mol. The summed E-state index contributed by atoms with van der Waals surface area (Å²) in [6.07, 6.45) is 2.87. The number of methoxy groups -OCH3 is 1. The summed E-state index contributed by atoms with van der Waals surface area (Å²) in [5.74, 6) is -2.20. The van der Waals surface area contributed by atoms with Crippen LogP contribution in [0.3, 0.4) is 0 Å². The SMILES string of the molecule is COC(=O)C(C)(Cl)Cc1ccc(N2C(=O)C3=C(CCCC3)C2=O)c(F)c1. The molecule has 138 valence electrons. The number of esters is 1. The molecule has 1 aromatic carbocycles. The molecule has 5 nitrogen and oxygen atoms in total. The number of imide groups is 1. The molecule has 0 fully saturated rings. The molecule has 1 unspecified atom stereocenters. The van der Waals surface area contributed by atoms with E-state index < -0.39 is 28.5 Å². The van der Waals surface area contributed by atoms with E-state index in [-0.39, 0.29) is 12.1 Å². The van der Waals surface area contributed by atoms with Gasteiger partial charge in [-0.25, -0.2) is 9.29 Å². The molecule has 1 aliphatic heterocycles. The molecule has 26 heavy (non-hydrogen) atoms. The van der Waals surface area contributed by atoms with E-state index in [4.69, 9.17) is 11.6 Å². The standard InChI is InChI=1S/C19H19ClFNO4/c1-19(20,18(25)26-2)10-11-7-8-15(14(21)9-11)22-16(23)12-5-3-4-6-13(12)17(22)24/h7-9H,3-6,10H2,1-2H3. The Kier molecular flexibility index (Phi) is 4.88. The number of nitrogens with zero attached hydrogens (tertiary/aromatic N) is 1. The van der Waals surface area contributed by atoms with E-state index in [1.807, 2.05) is 0 Å². The lowest BCUT2D eigenvalue weighted by Gasteiger charge is -2.20. The number of anilines is 1. The summed E-state index contributed by atoms with van der Waals surface area (Å²) in [5.41, 5.74) is 1.39. The van der Waals surface area contributed by atoms with E-state index in [0.717, 1.165) is 17.7 Å².